The Bertz CT molecular complexity index is 1290. The van der Waals surface area contributed by atoms with Gasteiger partial charge in [0.05, 0.1) is 10.2 Å². The molecule has 9 heteroatoms. The lowest BCUT2D eigenvalue weighted by Crippen LogP contribution is -2.54. The fourth-order valence-corrected chi connectivity index (χ4v) is 3.80. The fraction of sp³-hybridized carbons (Fsp3) is 0.0417. The minimum Gasteiger partial charge on any atom is -0.488 e. The highest BCUT2D eigenvalue weighted by atomic mass is 79.9. The van der Waals surface area contributed by atoms with Crippen LogP contribution in [0, 0.1) is 5.82 Å². The van der Waals surface area contributed by atoms with Crippen molar-refractivity contribution in [1.29, 1.82) is 0 Å². The molecule has 1 aliphatic rings. The minimum absolute atomic E-state index is 0.163. The van der Waals surface area contributed by atoms with Gasteiger partial charge in [0.15, 0.2) is 0 Å². The van der Waals surface area contributed by atoms with Crippen molar-refractivity contribution in [3.63, 3.8) is 0 Å². The van der Waals surface area contributed by atoms with Gasteiger partial charge in [0, 0.05) is 5.02 Å². The van der Waals surface area contributed by atoms with Crippen molar-refractivity contribution in [2.45, 2.75) is 6.61 Å². The Morgan fingerprint density at radius 2 is 1.79 bits per heavy atom. The smallest absolute Gasteiger partial charge is 0.335 e. The number of amides is 4. The van der Waals surface area contributed by atoms with Gasteiger partial charge in [0.2, 0.25) is 0 Å². The molecule has 1 N–H and O–H groups in total. The monoisotopic (exact) mass is 528 g/mol. The van der Waals surface area contributed by atoms with E-state index < -0.39 is 17.8 Å². The SMILES string of the molecule is O=C1NC(=O)N(c2ccc(Cl)cc2)C(=O)/C1=C/c1ccc(OCc2cccc(F)c2)c(Br)c1. The van der Waals surface area contributed by atoms with Crippen LogP contribution in [0.15, 0.2) is 76.8 Å². The van der Waals surface area contributed by atoms with Crippen molar-refractivity contribution in [1.82, 2.24) is 5.32 Å². The molecule has 4 amide bonds. The summed E-state index contributed by atoms with van der Waals surface area (Å²) in [5.41, 5.74) is 1.28. The van der Waals surface area contributed by atoms with Crippen molar-refractivity contribution in [3.8, 4) is 5.75 Å². The number of barbiturate groups is 1. The number of halogens is 3. The van der Waals surface area contributed by atoms with Gasteiger partial charge in [-0.25, -0.2) is 14.1 Å². The van der Waals surface area contributed by atoms with Crippen LogP contribution in [0.4, 0.5) is 14.9 Å². The average Bonchev–Trinajstić information content (AvgIpc) is 2.77. The van der Waals surface area contributed by atoms with E-state index in [1.807, 2.05) is 0 Å². The van der Waals surface area contributed by atoms with Gasteiger partial charge in [0.25, 0.3) is 11.8 Å². The van der Waals surface area contributed by atoms with Crippen LogP contribution in [0.25, 0.3) is 6.08 Å². The van der Waals surface area contributed by atoms with Crippen molar-refractivity contribution >= 4 is 57.1 Å². The lowest BCUT2D eigenvalue weighted by Gasteiger charge is -2.26. The maximum absolute atomic E-state index is 13.3. The summed E-state index contributed by atoms with van der Waals surface area (Å²) in [4.78, 5) is 38.4. The Kier molecular flexibility index (Phi) is 6.57. The predicted molar refractivity (Wildman–Crippen MR) is 125 cm³/mol. The molecule has 1 heterocycles. The van der Waals surface area contributed by atoms with Gasteiger partial charge in [-0.2, -0.15) is 0 Å². The summed E-state index contributed by atoms with van der Waals surface area (Å²) in [6.07, 6.45) is 1.38. The molecule has 4 rings (SSSR count). The fourth-order valence-electron chi connectivity index (χ4n) is 3.16. The van der Waals surface area contributed by atoms with Crippen LogP contribution in [0.1, 0.15) is 11.1 Å². The van der Waals surface area contributed by atoms with Gasteiger partial charge in [-0.3, -0.25) is 14.9 Å². The number of anilines is 1. The molecule has 0 saturated carbocycles. The number of nitrogens with zero attached hydrogens (tertiary/aromatic N) is 1. The maximum Gasteiger partial charge on any atom is 0.335 e. The second kappa shape index (κ2) is 9.56. The average molecular weight is 530 g/mol. The second-order valence-corrected chi connectivity index (χ2v) is 8.33. The molecular formula is C24H15BrClFN2O4. The molecule has 0 atom stereocenters. The van der Waals surface area contributed by atoms with E-state index >= 15 is 0 Å². The Hall–Kier alpha value is -3.49. The topological polar surface area (TPSA) is 75.7 Å². The molecule has 166 valence electrons. The van der Waals surface area contributed by atoms with E-state index in [0.717, 1.165) is 4.90 Å². The van der Waals surface area contributed by atoms with E-state index in [1.54, 1.807) is 30.3 Å². The Morgan fingerprint density at radius 3 is 2.48 bits per heavy atom. The third kappa shape index (κ3) is 5.13. The van der Waals surface area contributed by atoms with E-state index in [0.29, 0.717) is 26.4 Å². The van der Waals surface area contributed by atoms with Crippen molar-refractivity contribution in [3.05, 3.63) is 98.7 Å². The van der Waals surface area contributed by atoms with Gasteiger partial charge in [0.1, 0.15) is 23.7 Å². The van der Waals surface area contributed by atoms with Gasteiger partial charge in [-0.05, 0) is 81.7 Å². The first-order valence-electron chi connectivity index (χ1n) is 9.65. The van der Waals surface area contributed by atoms with Crippen LogP contribution in [-0.4, -0.2) is 17.8 Å². The van der Waals surface area contributed by atoms with Crippen LogP contribution in [0.2, 0.25) is 5.02 Å². The number of benzene rings is 3. The summed E-state index contributed by atoms with van der Waals surface area (Å²) in [7, 11) is 0. The number of nitrogens with one attached hydrogen (secondary N) is 1. The summed E-state index contributed by atoms with van der Waals surface area (Å²) in [5.74, 6) is -1.40. The highest BCUT2D eigenvalue weighted by molar-refractivity contribution is 9.10. The summed E-state index contributed by atoms with van der Waals surface area (Å²) in [6, 6.07) is 16.3. The number of ether oxygens (including phenoxy) is 1. The molecule has 1 saturated heterocycles. The summed E-state index contributed by atoms with van der Waals surface area (Å²) < 4.78 is 19.6. The van der Waals surface area contributed by atoms with E-state index in [4.69, 9.17) is 16.3 Å². The standard InChI is InChI=1S/C24H15BrClFN2O4/c25-20-12-14(4-9-21(20)33-13-15-2-1-3-17(27)10-15)11-19-22(30)28-24(32)29(23(19)31)18-7-5-16(26)6-8-18/h1-12H,13H2,(H,28,30,32)/b19-11+. The van der Waals surface area contributed by atoms with Crippen LogP contribution in [0.3, 0.4) is 0 Å². The zero-order chi connectivity index (χ0) is 23.5. The van der Waals surface area contributed by atoms with Gasteiger partial charge in [-0.1, -0.05) is 29.8 Å². The molecule has 0 aliphatic carbocycles. The third-order valence-electron chi connectivity index (χ3n) is 4.74. The van der Waals surface area contributed by atoms with Crippen LogP contribution < -0.4 is 15.0 Å². The number of urea groups is 1. The van der Waals surface area contributed by atoms with E-state index in [2.05, 4.69) is 21.2 Å². The maximum atomic E-state index is 13.3. The Morgan fingerprint density at radius 1 is 1.03 bits per heavy atom. The lowest BCUT2D eigenvalue weighted by atomic mass is 10.1. The van der Waals surface area contributed by atoms with Crippen LogP contribution >= 0.6 is 27.5 Å². The molecule has 3 aromatic rings. The van der Waals surface area contributed by atoms with Gasteiger partial charge < -0.3 is 4.74 Å². The van der Waals surface area contributed by atoms with Gasteiger partial charge in [-0.15, -0.1) is 0 Å². The molecule has 0 aromatic heterocycles. The molecule has 1 fully saturated rings. The first-order valence-corrected chi connectivity index (χ1v) is 10.8. The number of hydrogen-bond acceptors (Lipinski definition) is 4. The normalized spacial score (nSPS) is 15.1. The number of carbonyl (C=O) groups excluding carboxylic acids is 3. The first-order chi connectivity index (χ1) is 15.8. The predicted octanol–water partition coefficient (Wildman–Crippen LogP) is 5.49. The lowest BCUT2D eigenvalue weighted by molar-refractivity contribution is -0.122. The number of hydrogen-bond donors (Lipinski definition) is 1. The van der Waals surface area contributed by atoms with Gasteiger partial charge >= 0.3 is 6.03 Å². The summed E-state index contributed by atoms with van der Waals surface area (Å²) >= 11 is 9.28. The molecule has 6 nitrogen and oxygen atoms in total. The molecule has 3 aromatic carbocycles. The minimum atomic E-state index is -0.841. The first kappa shape index (κ1) is 22.7. The Labute approximate surface area is 201 Å². The molecule has 0 bridgehead atoms. The molecule has 33 heavy (non-hydrogen) atoms. The number of rotatable bonds is 5. The number of imide groups is 2. The second-order valence-electron chi connectivity index (χ2n) is 7.04. The van der Waals surface area contributed by atoms with E-state index in [1.165, 1.54) is 42.5 Å². The van der Waals surface area contributed by atoms with E-state index in [9.17, 15) is 18.8 Å². The largest absolute Gasteiger partial charge is 0.488 e. The molecule has 1 aliphatic heterocycles. The summed E-state index contributed by atoms with van der Waals surface area (Å²) in [6.45, 7) is 0.163. The van der Waals surface area contributed by atoms with Crippen LogP contribution in [-0.2, 0) is 16.2 Å². The highest BCUT2D eigenvalue weighted by Crippen LogP contribution is 2.29. The summed E-state index contributed by atoms with van der Waals surface area (Å²) in [5, 5.41) is 2.62. The molecule has 0 spiro atoms. The zero-order valence-corrected chi connectivity index (χ0v) is 19.2. The van der Waals surface area contributed by atoms with Crippen molar-refractivity contribution < 1.29 is 23.5 Å². The molecule has 0 radical (unpaired) electrons. The van der Waals surface area contributed by atoms with Crippen molar-refractivity contribution in [2.24, 2.45) is 0 Å². The van der Waals surface area contributed by atoms with Crippen LogP contribution in [0.5, 0.6) is 5.75 Å². The molecule has 0 unspecified atom stereocenters. The van der Waals surface area contributed by atoms with E-state index in [-0.39, 0.29) is 23.7 Å². The highest BCUT2D eigenvalue weighted by Gasteiger charge is 2.36. The number of carbonyl (C=O) groups is 3. The van der Waals surface area contributed by atoms with Crippen molar-refractivity contribution in [2.75, 3.05) is 4.90 Å². The molecular weight excluding hydrogens is 515 g/mol. The quantitative estimate of drug-likeness (QED) is 0.350. The third-order valence-corrected chi connectivity index (χ3v) is 5.61. The zero-order valence-electron chi connectivity index (χ0n) is 16.8. The Balaban J connectivity index is 1.56.